The lowest BCUT2D eigenvalue weighted by atomic mass is 10.1. The number of thiophene rings is 1. The van der Waals surface area contributed by atoms with Crippen LogP contribution in [0.1, 0.15) is 35.7 Å². The molecule has 1 N–H and O–H groups in total. The SMILES string of the molecule is CCC(c1nnnn1CCOC)N(Cc1cccs1)Cc1cc2cc(OC)ccc2[nH]c1=O. The number of aromatic amines is 1. The Hall–Kier alpha value is -3.08. The van der Waals surface area contributed by atoms with Gasteiger partial charge in [-0.2, -0.15) is 0 Å². The Bertz CT molecular complexity index is 1240. The summed E-state index contributed by atoms with van der Waals surface area (Å²) < 4.78 is 12.4. The van der Waals surface area contributed by atoms with Crippen LogP contribution >= 0.6 is 11.3 Å². The molecule has 10 heteroatoms. The Morgan fingerprint density at radius 2 is 2.09 bits per heavy atom. The first-order valence-corrected chi connectivity index (χ1v) is 11.7. The van der Waals surface area contributed by atoms with E-state index in [4.69, 9.17) is 9.47 Å². The summed E-state index contributed by atoms with van der Waals surface area (Å²) >= 11 is 1.69. The van der Waals surface area contributed by atoms with E-state index < -0.39 is 0 Å². The number of methoxy groups -OCH3 is 2. The number of rotatable bonds is 11. The molecule has 0 fully saturated rings. The number of tetrazole rings is 1. The van der Waals surface area contributed by atoms with Crippen LogP contribution in [0.3, 0.4) is 0 Å². The second-order valence-electron chi connectivity index (χ2n) is 7.74. The van der Waals surface area contributed by atoms with Crippen molar-refractivity contribution in [3.63, 3.8) is 0 Å². The van der Waals surface area contributed by atoms with Crippen molar-refractivity contribution in [3.8, 4) is 5.75 Å². The highest BCUT2D eigenvalue weighted by atomic mass is 32.1. The first-order chi connectivity index (χ1) is 16.1. The second-order valence-corrected chi connectivity index (χ2v) is 8.77. The van der Waals surface area contributed by atoms with Gasteiger partial charge in [0.2, 0.25) is 0 Å². The predicted octanol–water partition coefficient (Wildman–Crippen LogP) is 3.38. The third-order valence-corrected chi connectivity index (χ3v) is 6.49. The molecule has 4 aromatic rings. The van der Waals surface area contributed by atoms with Crippen molar-refractivity contribution < 1.29 is 9.47 Å². The van der Waals surface area contributed by atoms with Gasteiger partial charge in [-0.25, -0.2) is 4.68 Å². The van der Waals surface area contributed by atoms with Crippen LogP contribution < -0.4 is 10.3 Å². The normalized spacial score (nSPS) is 12.5. The third kappa shape index (κ3) is 5.29. The smallest absolute Gasteiger partial charge is 0.252 e. The van der Waals surface area contributed by atoms with Crippen molar-refractivity contribution in [2.24, 2.45) is 0 Å². The Kier molecular flexibility index (Phi) is 7.48. The molecule has 0 radical (unpaired) electrons. The van der Waals surface area contributed by atoms with Crippen LogP contribution in [0.4, 0.5) is 0 Å². The minimum atomic E-state index is -0.0994. The number of hydrogen-bond donors (Lipinski definition) is 1. The van der Waals surface area contributed by atoms with E-state index in [0.717, 1.165) is 28.9 Å². The summed E-state index contributed by atoms with van der Waals surface area (Å²) in [7, 11) is 3.29. The number of benzene rings is 1. The second kappa shape index (κ2) is 10.7. The van der Waals surface area contributed by atoms with Crippen molar-refractivity contribution in [1.82, 2.24) is 30.1 Å². The Morgan fingerprint density at radius 3 is 2.82 bits per heavy atom. The van der Waals surface area contributed by atoms with Gasteiger partial charge in [-0.15, -0.1) is 16.4 Å². The van der Waals surface area contributed by atoms with E-state index >= 15 is 0 Å². The fraction of sp³-hybridized carbons (Fsp3) is 0.391. The highest BCUT2D eigenvalue weighted by molar-refractivity contribution is 7.09. The number of hydrogen-bond acceptors (Lipinski definition) is 8. The van der Waals surface area contributed by atoms with Gasteiger partial charge < -0.3 is 14.5 Å². The fourth-order valence-electron chi connectivity index (χ4n) is 3.96. The molecule has 0 saturated heterocycles. The lowest BCUT2D eigenvalue weighted by Gasteiger charge is -2.29. The zero-order chi connectivity index (χ0) is 23.2. The first kappa shape index (κ1) is 23.1. The first-order valence-electron chi connectivity index (χ1n) is 10.8. The fourth-order valence-corrected chi connectivity index (χ4v) is 4.69. The van der Waals surface area contributed by atoms with E-state index in [2.05, 4.69) is 43.8 Å². The molecule has 174 valence electrons. The molecule has 0 spiro atoms. The molecule has 0 aliphatic carbocycles. The maximum atomic E-state index is 13.0. The minimum Gasteiger partial charge on any atom is -0.497 e. The molecule has 1 atom stereocenters. The number of fused-ring (bicyclic) bond motifs is 1. The van der Waals surface area contributed by atoms with Crippen LogP contribution in [0, 0.1) is 0 Å². The number of ether oxygens (including phenoxy) is 2. The molecule has 1 aromatic carbocycles. The van der Waals surface area contributed by atoms with E-state index in [1.54, 1.807) is 30.2 Å². The maximum absolute atomic E-state index is 13.0. The molecule has 33 heavy (non-hydrogen) atoms. The zero-order valence-corrected chi connectivity index (χ0v) is 19.8. The van der Waals surface area contributed by atoms with Crippen molar-refractivity contribution in [2.45, 2.75) is 39.0 Å². The van der Waals surface area contributed by atoms with Gasteiger partial charge in [0.05, 0.1) is 26.3 Å². The lowest BCUT2D eigenvalue weighted by molar-refractivity contribution is 0.152. The Balaban J connectivity index is 1.71. The third-order valence-electron chi connectivity index (χ3n) is 5.63. The predicted molar refractivity (Wildman–Crippen MR) is 127 cm³/mol. The largest absolute Gasteiger partial charge is 0.497 e. The van der Waals surface area contributed by atoms with Crippen LogP contribution in [0.25, 0.3) is 10.9 Å². The van der Waals surface area contributed by atoms with Gasteiger partial charge in [-0.3, -0.25) is 9.69 Å². The molecule has 9 nitrogen and oxygen atoms in total. The highest BCUT2D eigenvalue weighted by Crippen LogP contribution is 2.28. The minimum absolute atomic E-state index is 0.0700. The van der Waals surface area contributed by atoms with Crippen LogP contribution in [0.5, 0.6) is 5.75 Å². The standard InChI is InChI=1S/C23H28N6O3S/c1-4-21(22-25-26-27-29(22)9-10-31-2)28(15-19-6-5-11-33-19)14-17-12-16-13-18(32-3)7-8-20(16)24-23(17)30/h5-8,11-13,21H,4,9-10,14-15H2,1-3H3,(H,24,30). The summed E-state index contributed by atoms with van der Waals surface area (Å²) in [5.41, 5.74) is 1.37. The van der Waals surface area contributed by atoms with Crippen LogP contribution in [0.15, 0.2) is 46.6 Å². The van der Waals surface area contributed by atoms with Crippen LogP contribution in [-0.2, 0) is 24.4 Å². The molecule has 0 bridgehead atoms. The van der Waals surface area contributed by atoms with Gasteiger partial charge in [-0.1, -0.05) is 13.0 Å². The van der Waals surface area contributed by atoms with Gasteiger partial charge in [0.15, 0.2) is 5.82 Å². The summed E-state index contributed by atoms with van der Waals surface area (Å²) in [4.78, 5) is 19.4. The maximum Gasteiger partial charge on any atom is 0.252 e. The number of nitrogens with zero attached hydrogens (tertiary/aromatic N) is 5. The summed E-state index contributed by atoms with van der Waals surface area (Å²) in [6, 6.07) is 11.7. The molecular formula is C23H28N6O3S. The monoisotopic (exact) mass is 468 g/mol. The van der Waals surface area contributed by atoms with E-state index in [1.807, 2.05) is 30.3 Å². The Morgan fingerprint density at radius 1 is 1.21 bits per heavy atom. The van der Waals surface area contributed by atoms with Gasteiger partial charge >= 0.3 is 0 Å². The molecule has 0 aliphatic heterocycles. The van der Waals surface area contributed by atoms with Crippen molar-refractivity contribution >= 4 is 22.2 Å². The summed E-state index contributed by atoms with van der Waals surface area (Å²) in [5.74, 6) is 1.52. The molecule has 4 rings (SSSR count). The highest BCUT2D eigenvalue weighted by Gasteiger charge is 2.26. The molecule has 0 amide bonds. The summed E-state index contributed by atoms with van der Waals surface area (Å²) in [6.45, 7) is 4.33. The van der Waals surface area contributed by atoms with E-state index in [0.29, 0.717) is 31.8 Å². The lowest BCUT2D eigenvalue weighted by Crippen LogP contribution is -2.32. The van der Waals surface area contributed by atoms with Gasteiger partial charge in [0.1, 0.15) is 5.75 Å². The Labute approximate surface area is 196 Å². The summed E-state index contributed by atoms with van der Waals surface area (Å²) in [6.07, 6.45) is 0.790. The van der Waals surface area contributed by atoms with Gasteiger partial charge in [0.25, 0.3) is 5.56 Å². The number of H-pyrrole nitrogens is 1. The van der Waals surface area contributed by atoms with E-state index in [1.165, 1.54) is 4.88 Å². The average Bonchev–Trinajstić information content (AvgIpc) is 3.50. The van der Waals surface area contributed by atoms with Crippen molar-refractivity contribution in [1.29, 1.82) is 0 Å². The number of nitrogens with one attached hydrogen (secondary N) is 1. The van der Waals surface area contributed by atoms with Crippen LogP contribution in [0.2, 0.25) is 0 Å². The van der Waals surface area contributed by atoms with E-state index in [9.17, 15) is 4.79 Å². The summed E-state index contributed by atoms with van der Waals surface area (Å²) in [5, 5.41) is 15.4. The average molecular weight is 469 g/mol. The quantitative estimate of drug-likeness (QED) is 0.360. The molecule has 1 unspecified atom stereocenters. The number of aromatic nitrogens is 5. The molecule has 3 aromatic heterocycles. The number of pyridine rings is 1. The topological polar surface area (TPSA) is 98.2 Å². The zero-order valence-electron chi connectivity index (χ0n) is 19.0. The van der Waals surface area contributed by atoms with Gasteiger partial charge in [0, 0.05) is 41.5 Å². The van der Waals surface area contributed by atoms with Crippen molar-refractivity contribution in [2.75, 3.05) is 20.8 Å². The van der Waals surface area contributed by atoms with E-state index in [-0.39, 0.29) is 11.6 Å². The van der Waals surface area contributed by atoms with Crippen LogP contribution in [-0.4, -0.2) is 50.9 Å². The van der Waals surface area contributed by atoms with Gasteiger partial charge in [-0.05, 0) is 52.6 Å². The molecular weight excluding hydrogens is 440 g/mol. The van der Waals surface area contributed by atoms with Crippen molar-refractivity contribution in [3.05, 3.63) is 68.4 Å². The molecule has 3 heterocycles. The molecule has 0 saturated carbocycles. The molecule has 0 aliphatic rings.